The minimum Gasteiger partial charge on any atom is -0.476 e. The van der Waals surface area contributed by atoms with Gasteiger partial charge in [-0.25, -0.2) is 14.4 Å². The van der Waals surface area contributed by atoms with Crippen molar-refractivity contribution < 1.29 is 33.8 Å². The van der Waals surface area contributed by atoms with Gasteiger partial charge >= 0.3 is 18.2 Å². The maximum Gasteiger partial charge on any atom is 0.410 e. The monoisotopic (exact) mass is 949 g/mol. The fourth-order valence-electron chi connectivity index (χ4n) is 5.78. The number of Topliss-reactive ketones (excluding diaryl/α,β-unsaturated/α-hetero) is 1. The number of hydrogen-bond acceptors (Lipinski definition) is 13. The zero-order chi connectivity index (χ0) is 42.2. The molecule has 14 nitrogen and oxygen atoms in total. The summed E-state index contributed by atoms with van der Waals surface area (Å²) in [5, 5.41) is 26.3. The highest BCUT2D eigenvalue weighted by Crippen LogP contribution is 2.36. The number of carboxylic acid groups (broad SMARTS) is 1. The molecule has 57 heavy (non-hydrogen) atoms. The number of aromatic carboxylic acids is 1. The van der Waals surface area contributed by atoms with Crippen molar-refractivity contribution in [2.45, 2.75) is 111 Å². The van der Waals surface area contributed by atoms with E-state index in [1.54, 1.807) is 9.80 Å². The van der Waals surface area contributed by atoms with Crippen LogP contribution in [0.25, 0.3) is 0 Å². The van der Waals surface area contributed by atoms with E-state index in [1.807, 2.05) is 91.8 Å². The Labute approximate surface area is 357 Å². The summed E-state index contributed by atoms with van der Waals surface area (Å²) < 4.78 is 12.9. The molecule has 0 saturated carbocycles. The largest absolute Gasteiger partial charge is 0.476 e. The Morgan fingerprint density at radius 2 is 1.21 bits per heavy atom. The Balaban J connectivity index is 0.000000215. The summed E-state index contributed by atoms with van der Waals surface area (Å²) in [5.74, 6) is -1.16. The van der Waals surface area contributed by atoms with Crippen molar-refractivity contribution >= 4 is 84.2 Å². The van der Waals surface area contributed by atoms with Crippen LogP contribution in [0.1, 0.15) is 126 Å². The van der Waals surface area contributed by atoms with Crippen LogP contribution >= 0.6 is 54.5 Å². The molecule has 0 radical (unpaired) electrons. The molecule has 2 saturated heterocycles. The van der Waals surface area contributed by atoms with Crippen molar-refractivity contribution in [2.75, 3.05) is 18.8 Å². The second-order valence-electron chi connectivity index (χ2n) is 15.4. The number of rotatable bonds is 6. The number of carbonyl (C=O) groups excluding carboxylic acids is 3. The van der Waals surface area contributed by atoms with Crippen LogP contribution in [-0.2, 0) is 15.9 Å². The van der Waals surface area contributed by atoms with Gasteiger partial charge in [0.25, 0.3) is 0 Å². The maximum absolute atomic E-state index is 12.7. The zero-order valence-electron chi connectivity index (χ0n) is 33.3. The van der Waals surface area contributed by atoms with Gasteiger partial charge in [-0.2, -0.15) is 0 Å². The molecule has 0 unspecified atom stereocenters. The van der Waals surface area contributed by atoms with Crippen molar-refractivity contribution in [3.8, 4) is 0 Å². The van der Waals surface area contributed by atoms with Crippen molar-refractivity contribution in [3.05, 3.63) is 82.1 Å². The Morgan fingerprint density at radius 3 is 1.65 bits per heavy atom. The second kappa shape index (κ2) is 19.6. The SMILES string of the molecule is CC(C)(C)OC(=O)N1CCC[C@H]1c1nnc(C(=O)O)s1.Cc1c(Br)cccc1CC(=O)c1nnc([C@@H]2CCCN2C(=O)OC(C)(C)C)s1.Cc1c(N)cccc1Br. The number of nitrogen functional groups attached to an aromatic ring is 1. The van der Waals surface area contributed by atoms with Gasteiger partial charge in [0.15, 0.2) is 10.8 Å². The average Bonchev–Trinajstić information content (AvgIpc) is 3.94. The van der Waals surface area contributed by atoms with Gasteiger partial charge < -0.3 is 20.3 Å². The van der Waals surface area contributed by atoms with E-state index in [0.717, 1.165) is 68.3 Å². The Morgan fingerprint density at radius 1 is 0.754 bits per heavy atom. The highest BCUT2D eigenvalue weighted by atomic mass is 79.9. The van der Waals surface area contributed by atoms with Crippen molar-refractivity contribution in [2.24, 2.45) is 0 Å². The van der Waals surface area contributed by atoms with Gasteiger partial charge in [-0.15, -0.1) is 20.4 Å². The Bertz CT molecular complexity index is 2040. The van der Waals surface area contributed by atoms with E-state index >= 15 is 0 Å². The van der Waals surface area contributed by atoms with E-state index in [-0.39, 0.29) is 35.4 Å². The first-order valence-corrected chi connectivity index (χ1v) is 21.5. The van der Waals surface area contributed by atoms with Gasteiger partial charge in [-0.1, -0.05) is 72.7 Å². The minimum atomic E-state index is -1.10. The number of anilines is 1. The van der Waals surface area contributed by atoms with Gasteiger partial charge in [-0.05, 0) is 116 Å². The number of halogens is 2. The van der Waals surface area contributed by atoms with Crippen LogP contribution < -0.4 is 5.73 Å². The molecule has 0 bridgehead atoms. The van der Waals surface area contributed by atoms with Crippen molar-refractivity contribution in [1.29, 1.82) is 0 Å². The summed E-state index contributed by atoms with van der Waals surface area (Å²) in [6, 6.07) is 11.2. The molecule has 2 atom stereocenters. The number of ketones is 1. The Kier molecular flexibility index (Phi) is 15.7. The molecule has 2 aliphatic rings. The number of benzene rings is 2. The first-order valence-electron chi connectivity index (χ1n) is 18.3. The minimum absolute atomic E-state index is 0.0592. The third-order valence-corrected chi connectivity index (χ3v) is 12.5. The molecule has 2 amide bonds. The fraction of sp³-hybridized carbons (Fsp3) is 0.487. The molecule has 2 aromatic carbocycles. The normalized spacial score (nSPS) is 16.6. The summed E-state index contributed by atoms with van der Waals surface area (Å²) in [6.45, 7) is 16.2. The van der Waals surface area contributed by atoms with Gasteiger partial charge in [0, 0.05) is 34.1 Å². The lowest BCUT2D eigenvalue weighted by Gasteiger charge is -2.27. The summed E-state index contributed by atoms with van der Waals surface area (Å²) >= 11 is 9.14. The fourth-order valence-corrected chi connectivity index (χ4v) is 8.33. The molecule has 2 aromatic heterocycles. The quantitative estimate of drug-likeness (QED) is 0.138. The number of ether oxygens (including phenoxy) is 2. The molecule has 6 rings (SSSR count). The highest BCUT2D eigenvalue weighted by Gasteiger charge is 2.37. The topological polar surface area (TPSA) is 191 Å². The molecule has 0 aliphatic carbocycles. The Hall–Kier alpha value is -4.00. The van der Waals surface area contributed by atoms with Crippen LogP contribution in [0.4, 0.5) is 15.3 Å². The van der Waals surface area contributed by atoms with Crippen LogP contribution in [0.15, 0.2) is 45.3 Å². The molecule has 308 valence electrons. The van der Waals surface area contributed by atoms with E-state index in [0.29, 0.717) is 28.1 Å². The average molecular weight is 952 g/mol. The molecule has 2 aliphatic heterocycles. The number of likely N-dealkylation sites (tertiary alicyclic amines) is 2. The van der Waals surface area contributed by atoms with Gasteiger partial charge in [0.1, 0.15) is 21.2 Å². The lowest BCUT2D eigenvalue weighted by molar-refractivity contribution is 0.0213. The van der Waals surface area contributed by atoms with E-state index in [4.69, 9.17) is 20.3 Å². The van der Waals surface area contributed by atoms with Gasteiger partial charge in [0.05, 0.1) is 12.1 Å². The zero-order valence-corrected chi connectivity index (χ0v) is 38.1. The predicted octanol–water partition coefficient (Wildman–Crippen LogP) is 9.75. The van der Waals surface area contributed by atoms with Crippen molar-refractivity contribution in [1.82, 2.24) is 30.2 Å². The van der Waals surface area contributed by atoms with Crippen molar-refractivity contribution in [3.63, 3.8) is 0 Å². The number of aromatic nitrogens is 4. The highest BCUT2D eigenvalue weighted by molar-refractivity contribution is 9.10. The van der Waals surface area contributed by atoms with Crippen LogP contribution in [0.3, 0.4) is 0 Å². The third kappa shape index (κ3) is 13.0. The molecule has 3 N–H and O–H groups in total. The summed E-state index contributed by atoms with van der Waals surface area (Å²) in [4.78, 5) is 51.4. The standard InChI is InChI=1S/C20H24BrN3O3S.C12H17N3O4S.C7H8BrN/c1-12-13(7-5-8-14(12)21)11-16(25)18-23-22-17(28-18)15-9-6-10-24(15)19(26)27-20(2,3)4;1-12(2,3)19-11(18)15-6-4-5-7(15)8-13-14-9(20-8)10(16)17;1-5-6(8)3-2-4-7(5)9/h5,7-8,15H,6,9-11H2,1-4H3;7H,4-6H2,1-3H3,(H,16,17);2-4H,9H2,1H3/t15-;7-;/m00./s1. The number of carbonyl (C=O) groups is 4. The number of hydrogen-bond donors (Lipinski definition) is 2. The van der Waals surface area contributed by atoms with E-state index < -0.39 is 23.3 Å². The molecule has 2 fully saturated rings. The molecular formula is C39H49Br2N7O7S2. The number of nitrogens with two attached hydrogens (primary N) is 1. The van der Waals surface area contributed by atoms with Gasteiger partial charge in [0.2, 0.25) is 5.01 Å². The van der Waals surface area contributed by atoms with Crippen LogP contribution in [0, 0.1) is 13.8 Å². The molecule has 4 heterocycles. The third-order valence-electron chi connectivity index (χ3n) is 8.67. The number of nitrogens with zero attached hydrogens (tertiary/aromatic N) is 6. The smallest absolute Gasteiger partial charge is 0.410 e. The van der Waals surface area contributed by atoms with E-state index in [9.17, 15) is 19.2 Å². The lowest BCUT2D eigenvalue weighted by atomic mass is 10.0. The first-order chi connectivity index (χ1) is 26.6. The van der Waals surface area contributed by atoms with Crippen LogP contribution in [0.2, 0.25) is 0 Å². The number of carboxylic acids is 1. The van der Waals surface area contributed by atoms with Gasteiger partial charge in [-0.3, -0.25) is 14.6 Å². The van der Waals surface area contributed by atoms with E-state index in [2.05, 4.69) is 52.3 Å². The van der Waals surface area contributed by atoms with Crippen LogP contribution in [-0.4, -0.2) is 83.5 Å². The summed E-state index contributed by atoms with van der Waals surface area (Å²) in [6.07, 6.45) is 2.80. The van der Waals surface area contributed by atoms with E-state index in [1.165, 1.54) is 11.3 Å². The summed E-state index contributed by atoms with van der Waals surface area (Å²) in [7, 11) is 0. The lowest BCUT2D eigenvalue weighted by Crippen LogP contribution is -2.36. The first kappa shape index (κ1) is 45.7. The number of amides is 2. The molecule has 4 aromatic rings. The second-order valence-corrected chi connectivity index (χ2v) is 19.2. The molecule has 0 spiro atoms. The van der Waals surface area contributed by atoms with Crippen LogP contribution in [0.5, 0.6) is 0 Å². The predicted molar refractivity (Wildman–Crippen MR) is 227 cm³/mol. The molecular weight excluding hydrogens is 902 g/mol. The molecule has 18 heteroatoms. The maximum atomic E-state index is 12.7. The summed E-state index contributed by atoms with van der Waals surface area (Å²) in [5.41, 5.74) is 8.45.